The van der Waals surface area contributed by atoms with Crippen LogP contribution in [0, 0.1) is 0 Å². The van der Waals surface area contributed by atoms with E-state index in [1.807, 2.05) is 0 Å². The molecule has 0 N–H and O–H groups in total. The number of rotatable bonds is 0. The highest BCUT2D eigenvalue weighted by molar-refractivity contribution is 7.78. The summed E-state index contributed by atoms with van der Waals surface area (Å²) in [5, 5.41) is 0. The Morgan fingerprint density at radius 3 is 2.17 bits per heavy atom. The lowest BCUT2D eigenvalue weighted by molar-refractivity contribution is 0.210. The zero-order chi connectivity index (χ0) is 5.15. The highest BCUT2D eigenvalue weighted by atomic mass is 32.1. The van der Waals surface area contributed by atoms with E-state index in [4.69, 9.17) is 0 Å². The quantitative estimate of drug-likeness (QED) is 0.336. The molecule has 1 amide bonds. The molecule has 2 nitrogen and oxygen atoms in total. The molecule has 0 saturated heterocycles. The van der Waals surface area contributed by atoms with Gasteiger partial charge in [0, 0.05) is 19.9 Å². The minimum atomic E-state index is -1.59. The maximum absolute atomic E-state index is 11.0. The SMILES string of the molecule is CN([S])C(=O)F. The van der Waals surface area contributed by atoms with E-state index in [0.29, 0.717) is 4.31 Å². The molecule has 0 saturated carbocycles. The highest BCUT2D eigenvalue weighted by Gasteiger charge is 1.97. The van der Waals surface area contributed by atoms with Crippen LogP contribution in [-0.4, -0.2) is 17.5 Å². The Labute approximate surface area is 40.5 Å². The van der Waals surface area contributed by atoms with Gasteiger partial charge >= 0.3 is 6.16 Å². The van der Waals surface area contributed by atoms with E-state index < -0.39 is 6.16 Å². The van der Waals surface area contributed by atoms with Gasteiger partial charge in [-0.1, -0.05) is 0 Å². The van der Waals surface area contributed by atoms with Crippen molar-refractivity contribution < 1.29 is 9.18 Å². The minimum Gasteiger partial charge on any atom is -0.250 e. The summed E-state index contributed by atoms with van der Waals surface area (Å²) in [5.74, 6) is 0. The normalized spacial score (nSPS) is 7.83. The summed E-state index contributed by atoms with van der Waals surface area (Å²) in [5.41, 5.74) is 0. The third-order valence-corrected chi connectivity index (χ3v) is 0.391. The van der Waals surface area contributed by atoms with Crippen molar-refractivity contribution in [3.8, 4) is 0 Å². The molecule has 0 spiro atoms. The zero-order valence-electron chi connectivity index (χ0n) is 3.14. The summed E-state index contributed by atoms with van der Waals surface area (Å²) in [7, 11) is 1.16. The molecule has 0 bridgehead atoms. The number of halogens is 1. The monoisotopic (exact) mass is 108 g/mol. The molecule has 0 aromatic rings. The second-order valence-corrected chi connectivity index (χ2v) is 1.30. The average molecular weight is 108 g/mol. The molecule has 0 fully saturated rings. The second kappa shape index (κ2) is 2.02. The van der Waals surface area contributed by atoms with Crippen molar-refractivity contribution in [2.45, 2.75) is 0 Å². The number of nitrogens with zero attached hydrogens (tertiary/aromatic N) is 1. The Kier molecular flexibility index (Phi) is 1.94. The van der Waals surface area contributed by atoms with Crippen LogP contribution >= 0.6 is 12.8 Å². The maximum Gasteiger partial charge on any atom is 0.410 e. The van der Waals surface area contributed by atoms with Gasteiger partial charge in [0.1, 0.15) is 0 Å². The van der Waals surface area contributed by atoms with Crippen molar-refractivity contribution in [2.24, 2.45) is 0 Å². The van der Waals surface area contributed by atoms with E-state index in [1.165, 1.54) is 0 Å². The molecule has 0 unspecified atom stereocenters. The van der Waals surface area contributed by atoms with E-state index >= 15 is 0 Å². The molecule has 35 valence electrons. The molecule has 0 aliphatic heterocycles. The first-order valence-electron chi connectivity index (χ1n) is 1.25. The Bertz CT molecular complexity index is 64.6. The molecular weight excluding hydrogens is 105 g/mol. The number of hydrogen-bond acceptors (Lipinski definition) is 1. The zero-order valence-corrected chi connectivity index (χ0v) is 3.96. The Balaban J connectivity index is 3.26. The third kappa shape index (κ3) is 2.02. The third-order valence-electron chi connectivity index (χ3n) is 0.248. The predicted octanol–water partition coefficient (Wildman–Crippen LogP) is 1.12. The van der Waals surface area contributed by atoms with Crippen LogP contribution in [0.4, 0.5) is 9.18 Å². The van der Waals surface area contributed by atoms with Gasteiger partial charge in [-0.15, -0.1) is 4.39 Å². The largest absolute Gasteiger partial charge is 0.410 e. The molecule has 0 rings (SSSR count). The van der Waals surface area contributed by atoms with Gasteiger partial charge in [-0.05, 0) is 0 Å². The fraction of sp³-hybridized carbons (Fsp3) is 0.500. The number of carbonyl (C=O) groups excluding carboxylic acids is 1. The number of carbonyl (C=O) groups is 1. The van der Waals surface area contributed by atoms with Gasteiger partial charge in [0.2, 0.25) is 0 Å². The lowest BCUT2D eigenvalue weighted by Crippen LogP contribution is -2.06. The molecule has 0 heterocycles. The van der Waals surface area contributed by atoms with E-state index in [0.717, 1.165) is 7.05 Å². The molecule has 0 aliphatic rings. The first-order chi connectivity index (χ1) is 2.64. The average Bonchev–Trinajstić information content (AvgIpc) is 1.36. The van der Waals surface area contributed by atoms with Gasteiger partial charge < -0.3 is 0 Å². The number of hydrogen-bond donors (Lipinski definition) is 0. The van der Waals surface area contributed by atoms with Crippen molar-refractivity contribution in [3.63, 3.8) is 0 Å². The van der Waals surface area contributed by atoms with Crippen molar-refractivity contribution >= 4 is 19.0 Å². The summed E-state index contributed by atoms with van der Waals surface area (Å²) in [6, 6.07) is 0. The smallest absolute Gasteiger partial charge is 0.250 e. The standard InChI is InChI=1S/C2H3FNOS/c1-4(6)2(3)5/h1H3. The summed E-state index contributed by atoms with van der Waals surface area (Å²) in [4.78, 5) is 9.30. The molecular formula is C2H3FNOS. The molecule has 1 radical (unpaired) electrons. The topological polar surface area (TPSA) is 20.3 Å². The lowest BCUT2D eigenvalue weighted by Gasteiger charge is -1.93. The molecule has 0 atom stereocenters. The van der Waals surface area contributed by atoms with Crippen LogP contribution in [0.1, 0.15) is 0 Å². The van der Waals surface area contributed by atoms with Gasteiger partial charge in [0.05, 0.1) is 0 Å². The lowest BCUT2D eigenvalue weighted by atomic mass is 11.2. The molecule has 0 aromatic heterocycles. The van der Waals surface area contributed by atoms with Crippen molar-refractivity contribution in [3.05, 3.63) is 0 Å². The van der Waals surface area contributed by atoms with Crippen LogP contribution in [0.25, 0.3) is 0 Å². The van der Waals surface area contributed by atoms with Crippen LogP contribution < -0.4 is 0 Å². The molecule has 0 aromatic carbocycles. The summed E-state index contributed by atoms with van der Waals surface area (Å²) in [6.07, 6.45) is -1.59. The second-order valence-electron chi connectivity index (χ2n) is 0.750. The van der Waals surface area contributed by atoms with Crippen LogP contribution in [-0.2, 0) is 0 Å². The van der Waals surface area contributed by atoms with Gasteiger partial charge in [-0.2, -0.15) is 0 Å². The van der Waals surface area contributed by atoms with E-state index in [2.05, 4.69) is 12.8 Å². The Morgan fingerprint density at radius 2 is 2.17 bits per heavy atom. The van der Waals surface area contributed by atoms with Gasteiger partial charge in [-0.3, -0.25) is 4.31 Å². The molecule has 0 aliphatic carbocycles. The van der Waals surface area contributed by atoms with Crippen LogP contribution in [0.5, 0.6) is 0 Å². The minimum absolute atomic E-state index is 0.444. The van der Waals surface area contributed by atoms with Crippen molar-refractivity contribution in [1.82, 2.24) is 4.31 Å². The highest BCUT2D eigenvalue weighted by Crippen LogP contribution is 1.88. The fourth-order valence-electron chi connectivity index (χ4n) is 0. The summed E-state index contributed by atoms with van der Waals surface area (Å²) < 4.78 is 11.5. The van der Waals surface area contributed by atoms with Crippen LogP contribution in [0.3, 0.4) is 0 Å². The molecule has 4 heteroatoms. The van der Waals surface area contributed by atoms with Gasteiger partial charge in [0.25, 0.3) is 0 Å². The fourth-order valence-corrected chi connectivity index (χ4v) is 0. The predicted molar refractivity (Wildman–Crippen MR) is 21.9 cm³/mol. The first kappa shape index (κ1) is 5.75. The van der Waals surface area contributed by atoms with Gasteiger partial charge in [-0.25, -0.2) is 4.79 Å². The Hall–Kier alpha value is -0.250. The van der Waals surface area contributed by atoms with Gasteiger partial charge in [0.15, 0.2) is 0 Å². The van der Waals surface area contributed by atoms with Crippen LogP contribution in [0.15, 0.2) is 0 Å². The first-order valence-corrected chi connectivity index (χ1v) is 1.61. The summed E-state index contributed by atoms with van der Waals surface area (Å²) in [6.45, 7) is 0. The van der Waals surface area contributed by atoms with E-state index in [-0.39, 0.29) is 0 Å². The summed E-state index contributed by atoms with van der Waals surface area (Å²) >= 11 is 4.01. The van der Waals surface area contributed by atoms with Crippen molar-refractivity contribution in [2.75, 3.05) is 7.05 Å². The number of amides is 1. The Morgan fingerprint density at radius 1 is 2.00 bits per heavy atom. The van der Waals surface area contributed by atoms with E-state index in [9.17, 15) is 9.18 Å². The van der Waals surface area contributed by atoms with E-state index in [1.54, 1.807) is 0 Å². The maximum atomic E-state index is 11.0. The molecule has 6 heavy (non-hydrogen) atoms. The van der Waals surface area contributed by atoms with Crippen molar-refractivity contribution in [1.29, 1.82) is 0 Å². The van der Waals surface area contributed by atoms with Crippen LogP contribution in [0.2, 0.25) is 0 Å².